The van der Waals surface area contributed by atoms with Gasteiger partial charge in [0, 0.05) is 17.3 Å². The molecule has 0 radical (unpaired) electrons. The summed E-state index contributed by atoms with van der Waals surface area (Å²) in [6, 6.07) is 7.99. The number of amides is 1. The van der Waals surface area contributed by atoms with Gasteiger partial charge in [-0.1, -0.05) is 18.2 Å². The molecule has 0 spiro atoms. The van der Waals surface area contributed by atoms with E-state index in [9.17, 15) is 4.79 Å². The number of anilines is 2. The lowest BCUT2D eigenvalue weighted by Crippen LogP contribution is -2.30. The Hall–Kier alpha value is -2.23. The van der Waals surface area contributed by atoms with Crippen molar-refractivity contribution in [3.05, 3.63) is 46.8 Å². The summed E-state index contributed by atoms with van der Waals surface area (Å²) in [6.07, 6.45) is 1.93. The van der Waals surface area contributed by atoms with Crippen LogP contribution < -0.4 is 4.90 Å². The zero-order chi connectivity index (χ0) is 15.9. The van der Waals surface area contributed by atoms with E-state index >= 15 is 0 Å². The Morgan fingerprint density at radius 1 is 1.05 bits per heavy atom. The van der Waals surface area contributed by atoms with E-state index in [1.54, 1.807) is 4.90 Å². The van der Waals surface area contributed by atoms with Gasteiger partial charge in [0.2, 0.25) is 11.9 Å². The van der Waals surface area contributed by atoms with Crippen molar-refractivity contribution in [1.82, 2.24) is 9.97 Å². The molecule has 4 nitrogen and oxygen atoms in total. The van der Waals surface area contributed by atoms with Crippen LogP contribution in [0.1, 0.15) is 35.4 Å². The average Bonchev–Trinajstić information content (AvgIpc) is 3.25. The minimum absolute atomic E-state index is 0.113. The first-order chi connectivity index (χ1) is 10.5. The molecule has 1 saturated carbocycles. The lowest BCUT2D eigenvalue weighted by atomic mass is 10.1. The summed E-state index contributed by atoms with van der Waals surface area (Å²) in [5.41, 5.74) is 4.81. The minimum Gasteiger partial charge on any atom is -0.274 e. The molecule has 0 atom stereocenters. The normalized spacial score (nSPS) is 14.0. The Morgan fingerprint density at radius 3 is 2.09 bits per heavy atom. The Labute approximate surface area is 131 Å². The van der Waals surface area contributed by atoms with Crippen LogP contribution in [-0.4, -0.2) is 15.9 Å². The van der Waals surface area contributed by atoms with Gasteiger partial charge in [0.25, 0.3) is 0 Å². The van der Waals surface area contributed by atoms with Crippen molar-refractivity contribution >= 4 is 17.5 Å². The molecular formula is C18H21N3O. The standard InChI is InChI=1S/C18H21N3O/c1-11-6-5-7-12(2)16(11)21(17(22)15-8-9-15)18-19-13(3)10-14(4)20-18/h5-7,10,15H,8-9H2,1-4H3. The number of aryl methyl sites for hydroxylation is 4. The molecule has 0 unspecified atom stereocenters. The van der Waals surface area contributed by atoms with Crippen molar-refractivity contribution in [2.45, 2.75) is 40.5 Å². The molecule has 1 aromatic carbocycles. The third-order valence-corrected chi connectivity index (χ3v) is 3.98. The van der Waals surface area contributed by atoms with Gasteiger partial charge in [-0.2, -0.15) is 0 Å². The van der Waals surface area contributed by atoms with E-state index < -0.39 is 0 Å². The molecule has 114 valence electrons. The third kappa shape index (κ3) is 2.73. The van der Waals surface area contributed by atoms with Gasteiger partial charge in [0.15, 0.2) is 0 Å². The molecule has 1 fully saturated rings. The molecule has 22 heavy (non-hydrogen) atoms. The first-order valence-corrected chi connectivity index (χ1v) is 7.70. The molecule has 1 aromatic heterocycles. The molecule has 1 heterocycles. The number of carbonyl (C=O) groups is 1. The smallest absolute Gasteiger partial charge is 0.237 e. The van der Waals surface area contributed by atoms with E-state index in [4.69, 9.17) is 0 Å². The van der Waals surface area contributed by atoms with Crippen LogP contribution in [-0.2, 0) is 4.79 Å². The van der Waals surface area contributed by atoms with Gasteiger partial charge in [-0.05, 0) is 57.7 Å². The van der Waals surface area contributed by atoms with Crippen LogP contribution in [0.5, 0.6) is 0 Å². The summed E-state index contributed by atoms with van der Waals surface area (Å²) in [7, 11) is 0. The van der Waals surface area contributed by atoms with Crippen LogP contribution in [0.25, 0.3) is 0 Å². The Morgan fingerprint density at radius 2 is 1.59 bits per heavy atom. The zero-order valence-corrected chi connectivity index (χ0v) is 13.6. The fraction of sp³-hybridized carbons (Fsp3) is 0.389. The molecule has 1 aliphatic carbocycles. The van der Waals surface area contributed by atoms with Crippen LogP contribution >= 0.6 is 0 Å². The quantitative estimate of drug-likeness (QED) is 0.865. The Bertz CT molecular complexity index is 695. The van der Waals surface area contributed by atoms with E-state index in [-0.39, 0.29) is 11.8 Å². The number of hydrogen-bond donors (Lipinski definition) is 0. The largest absolute Gasteiger partial charge is 0.274 e. The van der Waals surface area contributed by atoms with E-state index in [0.29, 0.717) is 5.95 Å². The zero-order valence-electron chi connectivity index (χ0n) is 13.6. The lowest BCUT2D eigenvalue weighted by Gasteiger charge is -2.25. The van der Waals surface area contributed by atoms with Gasteiger partial charge in [-0.3, -0.25) is 4.79 Å². The summed E-state index contributed by atoms with van der Waals surface area (Å²) < 4.78 is 0. The first-order valence-electron chi connectivity index (χ1n) is 7.70. The van der Waals surface area contributed by atoms with E-state index in [2.05, 4.69) is 9.97 Å². The topological polar surface area (TPSA) is 46.1 Å². The number of rotatable bonds is 3. The van der Waals surface area contributed by atoms with Crippen molar-refractivity contribution in [2.75, 3.05) is 4.90 Å². The second kappa shape index (κ2) is 5.52. The highest BCUT2D eigenvalue weighted by molar-refractivity contribution is 6.02. The Kier molecular flexibility index (Phi) is 3.69. The SMILES string of the molecule is Cc1cc(C)nc(N(C(=O)C2CC2)c2c(C)cccc2C)n1. The monoisotopic (exact) mass is 295 g/mol. The second-order valence-corrected chi connectivity index (χ2v) is 6.14. The maximum Gasteiger partial charge on any atom is 0.237 e. The lowest BCUT2D eigenvalue weighted by molar-refractivity contribution is -0.119. The molecule has 0 N–H and O–H groups in total. The number of carbonyl (C=O) groups excluding carboxylic acids is 1. The van der Waals surface area contributed by atoms with Gasteiger partial charge in [0.05, 0.1) is 5.69 Å². The predicted molar refractivity (Wildman–Crippen MR) is 87.3 cm³/mol. The number of aromatic nitrogens is 2. The molecule has 0 bridgehead atoms. The number of hydrogen-bond acceptors (Lipinski definition) is 3. The maximum atomic E-state index is 12.9. The number of para-hydroxylation sites is 1. The highest BCUT2D eigenvalue weighted by Gasteiger charge is 2.37. The van der Waals surface area contributed by atoms with Gasteiger partial charge in [0.1, 0.15) is 0 Å². The van der Waals surface area contributed by atoms with Crippen molar-refractivity contribution in [3.8, 4) is 0 Å². The van der Waals surface area contributed by atoms with Crippen molar-refractivity contribution in [2.24, 2.45) is 5.92 Å². The van der Waals surface area contributed by atoms with Gasteiger partial charge < -0.3 is 0 Å². The van der Waals surface area contributed by atoms with Crippen LogP contribution in [0.2, 0.25) is 0 Å². The summed E-state index contributed by atoms with van der Waals surface area (Å²) in [6.45, 7) is 7.92. The first kappa shape index (κ1) is 14.7. The van der Waals surface area contributed by atoms with Gasteiger partial charge in [-0.25, -0.2) is 14.9 Å². The summed E-state index contributed by atoms with van der Waals surface area (Å²) in [4.78, 5) is 23.6. The van der Waals surface area contributed by atoms with Crippen molar-refractivity contribution < 1.29 is 4.79 Å². The predicted octanol–water partition coefficient (Wildman–Crippen LogP) is 3.78. The number of nitrogens with zero attached hydrogens (tertiary/aromatic N) is 3. The van der Waals surface area contributed by atoms with Crippen molar-refractivity contribution in [1.29, 1.82) is 0 Å². The Balaban J connectivity index is 2.17. The average molecular weight is 295 g/mol. The highest BCUT2D eigenvalue weighted by atomic mass is 16.2. The van der Waals surface area contributed by atoms with E-state index in [1.807, 2.05) is 52.0 Å². The molecule has 4 heteroatoms. The van der Waals surface area contributed by atoms with E-state index in [1.165, 1.54) is 0 Å². The fourth-order valence-corrected chi connectivity index (χ4v) is 2.79. The minimum atomic E-state index is 0.113. The maximum absolute atomic E-state index is 12.9. The molecule has 1 aliphatic rings. The van der Waals surface area contributed by atoms with Crippen LogP contribution in [0.4, 0.5) is 11.6 Å². The van der Waals surface area contributed by atoms with Crippen LogP contribution in [0.3, 0.4) is 0 Å². The second-order valence-electron chi connectivity index (χ2n) is 6.14. The molecule has 3 rings (SSSR count). The summed E-state index contributed by atoms with van der Waals surface area (Å²) in [5.74, 6) is 0.720. The molecule has 2 aromatic rings. The van der Waals surface area contributed by atoms with Crippen LogP contribution in [0, 0.1) is 33.6 Å². The van der Waals surface area contributed by atoms with Crippen LogP contribution in [0.15, 0.2) is 24.3 Å². The number of benzene rings is 1. The molecule has 0 saturated heterocycles. The third-order valence-electron chi connectivity index (χ3n) is 3.98. The fourth-order valence-electron chi connectivity index (χ4n) is 2.79. The summed E-state index contributed by atoms with van der Waals surface area (Å²) >= 11 is 0. The highest BCUT2D eigenvalue weighted by Crippen LogP contribution is 2.37. The molecule has 1 amide bonds. The molecule has 0 aliphatic heterocycles. The van der Waals surface area contributed by atoms with Gasteiger partial charge >= 0.3 is 0 Å². The van der Waals surface area contributed by atoms with E-state index in [0.717, 1.165) is 41.0 Å². The van der Waals surface area contributed by atoms with Gasteiger partial charge in [-0.15, -0.1) is 0 Å². The van der Waals surface area contributed by atoms with Crippen molar-refractivity contribution in [3.63, 3.8) is 0 Å². The molecular weight excluding hydrogens is 274 g/mol. The summed E-state index contributed by atoms with van der Waals surface area (Å²) in [5, 5.41) is 0.